The van der Waals surface area contributed by atoms with Gasteiger partial charge in [0.15, 0.2) is 6.04 Å². The van der Waals surface area contributed by atoms with Gasteiger partial charge >= 0.3 is 0 Å². The van der Waals surface area contributed by atoms with Gasteiger partial charge in [0.2, 0.25) is 0 Å². The monoisotopic (exact) mass is 264 g/mol. The van der Waals surface area contributed by atoms with E-state index >= 15 is 0 Å². The fourth-order valence-corrected chi connectivity index (χ4v) is 2.48. The summed E-state index contributed by atoms with van der Waals surface area (Å²) in [6.45, 7) is 5.67. The molecular weight excluding hydrogens is 242 g/mol. The highest BCUT2D eigenvalue weighted by molar-refractivity contribution is 5.77. The number of hydrogen-bond donors (Lipinski definition) is 2. The molecule has 1 aliphatic heterocycles. The van der Waals surface area contributed by atoms with Gasteiger partial charge in [-0.05, 0) is 31.2 Å². The molecule has 0 radical (unpaired) electrons. The molecule has 0 aromatic heterocycles. The highest BCUT2D eigenvalue weighted by Gasteiger charge is 2.27. The van der Waals surface area contributed by atoms with Crippen LogP contribution in [0.25, 0.3) is 0 Å². The van der Waals surface area contributed by atoms with Crippen molar-refractivity contribution in [1.82, 2.24) is 0 Å². The van der Waals surface area contributed by atoms with E-state index in [9.17, 15) is 4.79 Å². The standard InChI is InChI=1S/C14H21N3O2/c1-11(14(15)18)16-7-9-17(10-8-16)12-3-5-13(19-2)6-4-12/h3-6,11H,7-10H2,1-2H3,(H2,15,18)/p+1/t11-/m1/s1. The molecule has 1 atom stereocenters. The lowest BCUT2D eigenvalue weighted by atomic mass is 10.2. The van der Waals surface area contributed by atoms with Crippen molar-refractivity contribution in [2.24, 2.45) is 5.73 Å². The van der Waals surface area contributed by atoms with E-state index in [-0.39, 0.29) is 11.9 Å². The van der Waals surface area contributed by atoms with Crippen molar-refractivity contribution in [2.45, 2.75) is 13.0 Å². The van der Waals surface area contributed by atoms with Crippen LogP contribution in [0.3, 0.4) is 0 Å². The fraction of sp³-hybridized carbons (Fsp3) is 0.500. The molecule has 0 unspecified atom stereocenters. The Morgan fingerprint density at radius 3 is 2.37 bits per heavy atom. The minimum Gasteiger partial charge on any atom is -0.497 e. The van der Waals surface area contributed by atoms with Crippen LogP contribution in [0.4, 0.5) is 5.69 Å². The lowest BCUT2D eigenvalue weighted by molar-refractivity contribution is -0.914. The number of methoxy groups -OCH3 is 1. The van der Waals surface area contributed by atoms with Crippen LogP contribution in [0.1, 0.15) is 6.92 Å². The van der Waals surface area contributed by atoms with Crippen LogP contribution < -0.4 is 20.3 Å². The van der Waals surface area contributed by atoms with Gasteiger partial charge in [-0.25, -0.2) is 0 Å². The molecule has 1 heterocycles. The number of primary amides is 1. The van der Waals surface area contributed by atoms with Crippen LogP contribution in [0, 0.1) is 0 Å². The third kappa shape index (κ3) is 3.17. The van der Waals surface area contributed by atoms with E-state index in [2.05, 4.69) is 17.0 Å². The second kappa shape index (κ2) is 5.93. The number of amides is 1. The van der Waals surface area contributed by atoms with Gasteiger partial charge in [0.25, 0.3) is 5.91 Å². The zero-order chi connectivity index (χ0) is 13.8. The van der Waals surface area contributed by atoms with Gasteiger partial charge in [-0.1, -0.05) is 0 Å². The average molecular weight is 264 g/mol. The van der Waals surface area contributed by atoms with Crippen molar-refractivity contribution in [1.29, 1.82) is 0 Å². The number of quaternary nitrogens is 1. The maximum Gasteiger partial charge on any atom is 0.275 e. The summed E-state index contributed by atoms with van der Waals surface area (Å²) in [6, 6.07) is 7.99. The molecule has 104 valence electrons. The Labute approximate surface area is 113 Å². The Kier molecular flexibility index (Phi) is 4.27. The summed E-state index contributed by atoms with van der Waals surface area (Å²) in [4.78, 5) is 14.8. The summed E-state index contributed by atoms with van der Waals surface area (Å²) in [5, 5.41) is 0. The zero-order valence-corrected chi connectivity index (χ0v) is 11.6. The van der Waals surface area contributed by atoms with Crippen molar-refractivity contribution >= 4 is 11.6 Å². The molecule has 19 heavy (non-hydrogen) atoms. The number of rotatable bonds is 4. The second-order valence-electron chi connectivity index (χ2n) is 4.97. The summed E-state index contributed by atoms with van der Waals surface area (Å²) in [6.07, 6.45) is 0. The van der Waals surface area contributed by atoms with E-state index < -0.39 is 0 Å². The average Bonchev–Trinajstić information content (AvgIpc) is 2.46. The molecular formula is C14H22N3O2+. The maximum atomic E-state index is 11.2. The number of nitrogens with two attached hydrogens (primary N) is 1. The van der Waals surface area contributed by atoms with Gasteiger partial charge in [-0.3, -0.25) is 4.79 Å². The molecule has 5 heteroatoms. The highest BCUT2D eigenvalue weighted by Crippen LogP contribution is 2.18. The summed E-state index contributed by atoms with van der Waals surface area (Å²) in [5.41, 5.74) is 6.56. The molecule has 1 aromatic carbocycles. The van der Waals surface area contributed by atoms with E-state index in [1.807, 2.05) is 19.1 Å². The van der Waals surface area contributed by atoms with Crippen LogP contribution in [-0.4, -0.2) is 45.2 Å². The number of carbonyl (C=O) groups is 1. The molecule has 0 saturated carbocycles. The topological polar surface area (TPSA) is 60.0 Å². The Morgan fingerprint density at radius 2 is 1.89 bits per heavy atom. The first-order chi connectivity index (χ1) is 9.11. The Bertz CT molecular complexity index is 425. The number of ether oxygens (including phenoxy) is 1. The molecule has 1 aliphatic rings. The molecule has 0 aliphatic carbocycles. The smallest absolute Gasteiger partial charge is 0.275 e. The van der Waals surface area contributed by atoms with Crippen LogP contribution in [-0.2, 0) is 4.79 Å². The van der Waals surface area contributed by atoms with Crippen LogP contribution in [0.2, 0.25) is 0 Å². The minimum absolute atomic E-state index is 0.0991. The van der Waals surface area contributed by atoms with Gasteiger partial charge < -0.3 is 20.3 Å². The molecule has 5 nitrogen and oxygen atoms in total. The molecule has 2 rings (SSSR count). The number of carbonyl (C=O) groups excluding carboxylic acids is 1. The number of anilines is 1. The van der Waals surface area contributed by atoms with Gasteiger partial charge in [0, 0.05) is 5.69 Å². The first kappa shape index (κ1) is 13.7. The van der Waals surface area contributed by atoms with Crippen LogP contribution in [0.5, 0.6) is 5.75 Å². The van der Waals surface area contributed by atoms with Crippen molar-refractivity contribution in [2.75, 3.05) is 38.2 Å². The lowest BCUT2D eigenvalue weighted by Crippen LogP contribution is -3.19. The minimum atomic E-state index is -0.215. The molecule has 0 bridgehead atoms. The van der Waals surface area contributed by atoms with E-state index in [0.717, 1.165) is 31.9 Å². The van der Waals surface area contributed by atoms with Gasteiger partial charge in [-0.2, -0.15) is 0 Å². The van der Waals surface area contributed by atoms with E-state index in [1.165, 1.54) is 10.6 Å². The van der Waals surface area contributed by atoms with Crippen molar-refractivity contribution in [3.8, 4) is 5.75 Å². The highest BCUT2D eigenvalue weighted by atomic mass is 16.5. The summed E-state index contributed by atoms with van der Waals surface area (Å²) < 4.78 is 5.16. The Hall–Kier alpha value is -1.75. The molecule has 1 aromatic rings. The van der Waals surface area contributed by atoms with Crippen molar-refractivity contribution < 1.29 is 14.4 Å². The number of benzene rings is 1. The first-order valence-electron chi connectivity index (χ1n) is 6.64. The van der Waals surface area contributed by atoms with Gasteiger partial charge in [0.1, 0.15) is 5.75 Å². The molecule has 1 fully saturated rings. The van der Waals surface area contributed by atoms with Crippen LogP contribution >= 0.6 is 0 Å². The predicted octanol–water partition coefficient (Wildman–Crippen LogP) is -0.726. The first-order valence-corrected chi connectivity index (χ1v) is 6.64. The third-order valence-corrected chi connectivity index (χ3v) is 3.88. The fourth-order valence-electron chi connectivity index (χ4n) is 2.48. The molecule has 1 amide bonds. The Balaban J connectivity index is 1.93. The Morgan fingerprint density at radius 1 is 1.32 bits per heavy atom. The molecule has 1 saturated heterocycles. The van der Waals surface area contributed by atoms with Gasteiger partial charge in [-0.15, -0.1) is 0 Å². The number of piperazine rings is 1. The quantitative estimate of drug-likeness (QED) is 0.754. The number of hydrogen-bond acceptors (Lipinski definition) is 3. The SMILES string of the molecule is COc1ccc(N2CC[NH+]([C@H](C)C(N)=O)CC2)cc1. The maximum absolute atomic E-state index is 11.2. The van der Waals surface area contributed by atoms with Gasteiger partial charge in [0.05, 0.1) is 33.3 Å². The number of nitrogens with zero attached hydrogens (tertiary/aromatic N) is 1. The molecule has 0 spiro atoms. The summed E-state index contributed by atoms with van der Waals surface area (Å²) in [7, 11) is 1.67. The third-order valence-electron chi connectivity index (χ3n) is 3.88. The lowest BCUT2D eigenvalue weighted by Gasteiger charge is -2.35. The van der Waals surface area contributed by atoms with Crippen molar-refractivity contribution in [3.05, 3.63) is 24.3 Å². The largest absolute Gasteiger partial charge is 0.497 e. The van der Waals surface area contributed by atoms with Crippen molar-refractivity contribution in [3.63, 3.8) is 0 Å². The summed E-state index contributed by atoms with van der Waals surface area (Å²) in [5.74, 6) is 0.656. The number of nitrogens with one attached hydrogen (secondary N) is 1. The van der Waals surface area contributed by atoms with E-state index in [0.29, 0.717) is 0 Å². The molecule has 3 N–H and O–H groups in total. The second-order valence-corrected chi connectivity index (χ2v) is 4.97. The van der Waals surface area contributed by atoms with E-state index in [4.69, 9.17) is 10.5 Å². The summed E-state index contributed by atoms with van der Waals surface area (Å²) >= 11 is 0. The predicted molar refractivity (Wildman–Crippen MR) is 74.6 cm³/mol. The van der Waals surface area contributed by atoms with Crippen LogP contribution in [0.15, 0.2) is 24.3 Å². The normalized spacial score (nSPS) is 18.1. The zero-order valence-electron chi connectivity index (χ0n) is 11.6. The van der Waals surface area contributed by atoms with E-state index in [1.54, 1.807) is 7.11 Å².